The summed E-state index contributed by atoms with van der Waals surface area (Å²) in [5.74, 6) is 0.285. The molecule has 1 unspecified atom stereocenters. The van der Waals surface area contributed by atoms with Gasteiger partial charge in [0.15, 0.2) is 0 Å². The monoisotopic (exact) mass is 560 g/mol. The van der Waals surface area contributed by atoms with Gasteiger partial charge in [0.1, 0.15) is 0 Å². The van der Waals surface area contributed by atoms with E-state index >= 15 is 0 Å². The third kappa shape index (κ3) is 4.66. The minimum absolute atomic E-state index is 0.285. The lowest BCUT2D eigenvalue weighted by Crippen LogP contribution is -2.06. The van der Waals surface area contributed by atoms with E-state index in [1.54, 1.807) is 0 Å². The molecule has 1 aliphatic rings. The van der Waals surface area contributed by atoms with Crippen molar-refractivity contribution in [3.8, 4) is 33.4 Å². The van der Waals surface area contributed by atoms with Gasteiger partial charge < -0.3 is 0 Å². The summed E-state index contributed by atoms with van der Waals surface area (Å²) in [6.07, 6.45) is 7.89. The van der Waals surface area contributed by atoms with E-state index in [2.05, 4.69) is 176 Å². The largest absolute Gasteiger partial charge is 0.0836 e. The Bertz CT molecular complexity index is 2090. The van der Waals surface area contributed by atoms with Crippen LogP contribution in [-0.2, 0) is 0 Å². The Morgan fingerprint density at radius 1 is 0.364 bits per heavy atom. The van der Waals surface area contributed by atoms with Crippen LogP contribution in [0.3, 0.4) is 0 Å². The maximum absolute atomic E-state index is 2.35. The minimum atomic E-state index is 0.285. The lowest BCUT2D eigenvalue weighted by molar-refractivity contribution is 0.876. The van der Waals surface area contributed by atoms with Gasteiger partial charge in [0, 0.05) is 5.92 Å². The predicted molar refractivity (Wildman–Crippen MR) is 189 cm³/mol. The molecular formula is C44H32. The molecule has 1 aliphatic carbocycles. The first-order valence-corrected chi connectivity index (χ1v) is 15.5. The van der Waals surface area contributed by atoms with Crippen molar-refractivity contribution in [3.63, 3.8) is 0 Å². The molecule has 0 heteroatoms. The molecule has 208 valence electrons. The standard InChI is InChI=1S/C44H32/c1-3-13-31(14-4-1)33-23-27-35(28-24-33)37-17-7-8-18-38(37)44-41-21-11-9-19-39(41)43(40-20-10-12-22-42(40)44)36-29-25-34(26-30-36)32-15-5-2-6-16-32/h1-16,18-30,37H,17H2. The van der Waals surface area contributed by atoms with Crippen LogP contribution in [0.25, 0.3) is 60.5 Å². The highest BCUT2D eigenvalue weighted by Gasteiger charge is 2.24. The molecule has 8 rings (SSSR count). The zero-order chi connectivity index (χ0) is 29.3. The van der Waals surface area contributed by atoms with Crippen molar-refractivity contribution in [2.45, 2.75) is 12.3 Å². The highest BCUT2D eigenvalue weighted by atomic mass is 14.3. The molecule has 7 aromatic rings. The third-order valence-electron chi connectivity index (χ3n) is 9.08. The van der Waals surface area contributed by atoms with E-state index in [0.717, 1.165) is 6.42 Å². The molecule has 0 fully saturated rings. The van der Waals surface area contributed by atoms with E-state index in [4.69, 9.17) is 0 Å². The number of fused-ring (bicyclic) bond motifs is 2. The van der Waals surface area contributed by atoms with Gasteiger partial charge in [0.25, 0.3) is 0 Å². The van der Waals surface area contributed by atoms with Crippen molar-refractivity contribution in [1.82, 2.24) is 0 Å². The van der Waals surface area contributed by atoms with Crippen LogP contribution >= 0.6 is 0 Å². The second-order valence-corrected chi connectivity index (χ2v) is 11.6. The Hall–Kier alpha value is -5.46. The highest BCUT2D eigenvalue weighted by Crippen LogP contribution is 2.47. The quantitative estimate of drug-likeness (QED) is 0.184. The fourth-order valence-corrected chi connectivity index (χ4v) is 6.95. The van der Waals surface area contributed by atoms with Crippen molar-refractivity contribution < 1.29 is 0 Å². The summed E-state index contributed by atoms with van der Waals surface area (Å²) in [6, 6.07) is 57.5. The zero-order valence-corrected chi connectivity index (χ0v) is 24.5. The molecule has 1 atom stereocenters. The first kappa shape index (κ1) is 26.2. The van der Waals surface area contributed by atoms with Crippen molar-refractivity contribution in [2.24, 2.45) is 0 Å². The van der Waals surface area contributed by atoms with Crippen molar-refractivity contribution in [1.29, 1.82) is 0 Å². The molecule has 0 spiro atoms. The summed E-state index contributed by atoms with van der Waals surface area (Å²) in [5, 5.41) is 5.20. The molecule has 0 saturated carbocycles. The highest BCUT2D eigenvalue weighted by molar-refractivity contribution is 6.19. The van der Waals surface area contributed by atoms with Gasteiger partial charge in [0.05, 0.1) is 0 Å². The van der Waals surface area contributed by atoms with Crippen molar-refractivity contribution in [2.75, 3.05) is 0 Å². The molecular weight excluding hydrogens is 528 g/mol. The van der Waals surface area contributed by atoms with Gasteiger partial charge in [-0.2, -0.15) is 0 Å². The summed E-state index contributed by atoms with van der Waals surface area (Å²) >= 11 is 0. The molecule has 0 aliphatic heterocycles. The van der Waals surface area contributed by atoms with Gasteiger partial charge in [-0.15, -0.1) is 0 Å². The molecule has 0 N–H and O–H groups in total. The smallest absolute Gasteiger partial charge is 0.0130 e. The molecule has 0 nitrogen and oxygen atoms in total. The lowest BCUT2D eigenvalue weighted by Gasteiger charge is -2.26. The summed E-state index contributed by atoms with van der Waals surface area (Å²) in [6.45, 7) is 0. The minimum Gasteiger partial charge on any atom is -0.0836 e. The van der Waals surface area contributed by atoms with Gasteiger partial charge in [-0.1, -0.05) is 176 Å². The third-order valence-corrected chi connectivity index (χ3v) is 9.08. The molecule has 0 aromatic heterocycles. The van der Waals surface area contributed by atoms with E-state index in [-0.39, 0.29) is 5.92 Å². The van der Waals surface area contributed by atoms with Crippen LogP contribution in [-0.4, -0.2) is 0 Å². The molecule has 0 amide bonds. The summed E-state index contributed by atoms with van der Waals surface area (Å²) in [4.78, 5) is 0. The van der Waals surface area contributed by atoms with E-state index in [0.29, 0.717) is 0 Å². The Morgan fingerprint density at radius 2 is 0.773 bits per heavy atom. The van der Waals surface area contributed by atoms with Gasteiger partial charge in [-0.05, 0) is 78.0 Å². The fraction of sp³-hybridized carbons (Fsp3) is 0.0455. The van der Waals surface area contributed by atoms with Crippen LogP contribution in [0, 0.1) is 0 Å². The average molecular weight is 561 g/mol. The predicted octanol–water partition coefficient (Wildman–Crippen LogP) is 12.1. The maximum atomic E-state index is 2.35. The Balaban J connectivity index is 1.28. The van der Waals surface area contributed by atoms with Crippen LogP contribution in [0.15, 0.2) is 176 Å². The van der Waals surface area contributed by atoms with E-state index in [1.165, 1.54) is 71.6 Å². The normalized spacial score (nSPS) is 14.5. The Morgan fingerprint density at radius 3 is 1.30 bits per heavy atom. The summed E-state index contributed by atoms with van der Waals surface area (Å²) in [5.41, 5.74) is 11.6. The van der Waals surface area contributed by atoms with Gasteiger partial charge in [0.2, 0.25) is 0 Å². The molecule has 0 radical (unpaired) electrons. The van der Waals surface area contributed by atoms with Gasteiger partial charge in [-0.3, -0.25) is 0 Å². The number of hydrogen-bond donors (Lipinski definition) is 0. The first-order chi connectivity index (χ1) is 21.8. The van der Waals surface area contributed by atoms with Crippen LogP contribution < -0.4 is 0 Å². The maximum Gasteiger partial charge on any atom is 0.0130 e. The molecule has 0 bridgehead atoms. The molecule has 0 saturated heterocycles. The van der Waals surface area contributed by atoms with Gasteiger partial charge in [-0.25, -0.2) is 0 Å². The number of benzene rings is 7. The topological polar surface area (TPSA) is 0 Å². The van der Waals surface area contributed by atoms with Crippen LogP contribution in [0.1, 0.15) is 23.5 Å². The van der Waals surface area contributed by atoms with E-state index in [9.17, 15) is 0 Å². The van der Waals surface area contributed by atoms with Crippen molar-refractivity contribution >= 4 is 27.1 Å². The zero-order valence-electron chi connectivity index (χ0n) is 24.5. The molecule has 44 heavy (non-hydrogen) atoms. The molecule has 0 heterocycles. The molecule has 7 aromatic carbocycles. The Kier molecular flexibility index (Phi) is 6.74. The average Bonchev–Trinajstić information content (AvgIpc) is 3.11. The Labute approximate surface area is 259 Å². The summed E-state index contributed by atoms with van der Waals surface area (Å²) < 4.78 is 0. The van der Waals surface area contributed by atoms with Crippen molar-refractivity contribution in [3.05, 3.63) is 187 Å². The fourth-order valence-electron chi connectivity index (χ4n) is 6.95. The van der Waals surface area contributed by atoms with E-state index < -0.39 is 0 Å². The van der Waals surface area contributed by atoms with Gasteiger partial charge >= 0.3 is 0 Å². The number of hydrogen-bond acceptors (Lipinski definition) is 0. The van der Waals surface area contributed by atoms with E-state index in [1.807, 2.05) is 0 Å². The van der Waals surface area contributed by atoms with Crippen LogP contribution in [0.2, 0.25) is 0 Å². The lowest BCUT2D eigenvalue weighted by atomic mass is 9.77. The SMILES string of the molecule is C1=CCC(c2ccc(-c3ccccc3)cc2)C(c2c3ccccc3c(-c3ccc(-c4ccccc4)cc3)c3ccccc23)=C1. The van der Waals surface area contributed by atoms with Crippen LogP contribution in [0.4, 0.5) is 0 Å². The number of allylic oxidation sites excluding steroid dienone is 4. The summed E-state index contributed by atoms with van der Waals surface area (Å²) in [7, 11) is 0. The first-order valence-electron chi connectivity index (χ1n) is 15.5. The number of rotatable bonds is 5. The second kappa shape index (κ2) is 11.3. The van der Waals surface area contributed by atoms with Crippen LogP contribution in [0.5, 0.6) is 0 Å². The second-order valence-electron chi connectivity index (χ2n) is 11.6.